The molecule has 0 unspecified atom stereocenters. The molecule has 1 saturated heterocycles. The van der Waals surface area contributed by atoms with Gasteiger partial charge in [-0.05, 0) is 17.2 Å². The normalized spacial score (nSPS) is 15.6. The van der Waals surface area contributed by atoms with Crippen molar-refractivity contribution >= 4 is 5.69 Å². The maximum atomic E-state index is 11.3. The zero-order valence-corrected chi connectivity index (χ0v) is 16.0. The fourth-order valence-corrected chi connectivity index (χ4v) is 3.95. The first-order valence-electron chi connectivity index (χ1n) is 9.65. The molecule has 0 aliphatic carbocycles. The third-order valence-corrected chi connectivity index (χ3v) is 5.32. The van der Waals surface area contributed by atoms with Gasteiger partial charge < -0.3 is 5.11 Å². The van der Waals surface area contributed by atoms with Gasteiger partial charge in [0.15, 0.2) is 0 Å². The van der Waals surface area contributed by atoms with Crippen molar-refractivity contribution < 1.29 is 10.0 Å². The molecule has 0 radical (unpaired) electrons. The predicted molar refractivity (Wildman–Crippen MR) is 111 cm³/mol. The topological polar surface area (TPSA) is 69.8 Å². The Labute approximate surface area is 169 Å². The minimum Gasteiger partial charge on any atom is -0.508 e. The molecule has 1 aliphatic rings. The zero-order valence-electron chi connectivity index (χ0n) is 16.0. The second kappa shape index (κ2) is 8.43. The largest absolute Gasteiger partial charge is 0.508 e. The average molecular weight is 389 g/mol. The van der Waals surface area contributed by atoms with Gasteiger partial charge >= 0.3 is 0 Å². The Hall–Kier alpha value is -3.22. The number of non-ortho nitro benzene ring substituents is 1. The molecule has 1 N–H and O–H groups in total. The third kappa shape index (κ3) is 4.29. The Bertz CT molecular complexity index is 930. The lowest BCUT2D eigenvalue weighted by molar-refractivity contribution is -0.385. The molecule has 0 spiro atoms. The molecular formula is C23H23N3O3. The molecule has 0 bridgehead atoms. The molecule has 3 aromatic rings. The summed E-state index contributed by atoms with van der Waals surface area (Å²) < 4.78 is 0. The van der Waals surface area contributed by atoms with Crippen molar-refractivity contribution in [1.29, 1.82) is 0 Å². The molecule has 6 nitrogen and oxygen atoms in total. The van der Waals surface area contributed by atoms with Crippen LogP contribution in [0.5, 0.6) is 5.75 Å². The van der Waals surface area contributed by atoms with E-state index in [1.54, 1.807) is 0 Å². The summed E-state index contributed by atoms with van der Waals surface area (Å²) >= 11 is 0. The Balaban J connectivity index is 1.69. The lowest BCUT2D eigenvalue weighted by Gasteiger charge is -2.31. The Morgan fingerprint density at radius 1 is 0.862 bits per heavy atom. The number of aromatic hydroxyl groups is 1. The highest BCUT2D eigenvalue weighted by Gasteiger charge is 2.35. The Morgan fingerprint density at radius 3 is 1.86 bits per heavy atom. The third-order valence-electron chi connectivity index (χ3n) is 5.32. The molecule has 148 valence electrons. The molecule has 0 amide bonds. The average Bonchev–Trinajstić information content (AvgIpc) is 3.11. The van der Waals surface area contributed by atoms with Crippen molar-refractivity contribution in [2.75, 3.05) is 13.1 Å². The summed E-state index contributed by atoms with van der Waals surface area (Å²) in [6, 6.07) is 24.6. The lowest BCUT2D eigenvalue weighted by Crippen LogP contribution is -2.30. The monoisotopic (exact) mass is 389 g/mol. The van der Waals surface area contributed by atoms with Crippen molar-refractivity contribution in [3.8, 4) is 5.75 Å². The summed E-state index contributed by atoms with van der Waals surface area (Å²) in [5.41, 5.74) is 2.90. The van der Waals surface area contributed by atoms with Gasteiger partial charge in [0.05, 0.1) is 11.1 Å². The van der Waals surface area contributed by atoms with Crippen LogP contribution in [-0.4, -0.2) is 32.9 Å². The summed E-state index contributed by atoms with van der Waals surface area (Å²) in [5.74, 6) is 0.0821. The fourth-order valence-electron chi connectivity index (χ4n) is 3.95. The molecule has 1 aliphatic heterocycles. The molecule has 0 saturated carbocycles. The van der Waals surface area contributed by atoms with Gasteiger partial charge in [-0.25, -0.2) is 0 Å². The van der Waals surface area contributed by atoms with Crippen molar-refractivity contribution in [2.24, 2.45) is 0 Å². The molecule has 1 fully saturated rings. The van der Waals surface area contributed by atoms with E-state index in [0.29, 0.717) is 18.7 Å². The molecule has 4 rings (SSSR count). The molecule has 0 atom stereocenters. The van der Waals surface area contributed by atoms with Crippen molar-refractivity contribution in [1.82, 2.24) is 9.80 Å². The number of phenolic OH excluding ortho intramolecular Hbond substituents is 1. The van der Waals surface area contributed by atoms with E-state index in [2.05, 4.69) is 34.1 Å². The number of nitro benzene ring substituents is 1. The zero-order chi connectivity index (χ0) is 20.2. The van der Waals surface area contributed by atoms with E-state index in [-0.39, 0.29) is 17.6 Å². The van der Waals surface area contributed by atoms with Crippen molar-refractivity contribution in [3.63, 3.8) is 0 Å². The van der Waals surface area contributed by atoms with Gasteiger partial charge in [0.2, 0.25) is 0 Å². The maximum Gasteiger partial charge on any atom is 0.270 e. The van der Waals surface area contributed by atoms with Gasteiger partial charge in [-0.2, -0.15) is 0 Å². The minimum absolute atomic E-state index is 0.0102. The standard InChI is InChI=1S/C23H23N3O3/c27-22-12-11-20(26(28)29)15-21(22)23-24(16-18-7-3-1-4-8-18)13-14-25(23)17-19-9-5-2-6-10-19/h1-12,15,23,27H,13-14,16-17H2. The molecule has 6 heteroatoms. The van der Waals surface area contributed by atoms with Crippen LogP contribution < -0.4 is 0 Å². The number of hydrogen-bond acceptors (Lipinski definition) is 5. The van der Waals surface area contributed by atoms with Crippen LogP contribution in [0, 0.1) is 10.1 Å². The number of nitrogens with zero attached hydrogens (tertiary/aromatic N) is 3. The van der Waals surface area contributed by atoms with Crippen molar-refractivity contribution in [2.45, 2.75) is 19.3 Å². The summed E-state index contributed by atoms with van der Waals surface area (Å²) in [7, 11) is 0. The van der Waals surface area contributed by atoms with E-state index in [0.717, 1.165) is 13.1 Å². The van der Waals surface area contributed by atoms with Crippen LogP contribution in [0.1, 0.15) is 22.9 Å². The summed E-state index contributed by atoms with van der Waals surface area (Å²) in [6.07, 6.45) is -0.240. The maximum absolute atomic E-state index is 11.3. The van der Waals surface area contributed by atoms with Crippen LogP contribution in [0.25, 0.3) is 0 Å². The number of rotatable bonds is 6. The first-order chi connectivity index (χ1) is 14.1. The highest BCUT2D eigenvalue weighted by molar-refractivity contribution is 5.45. The van der Waals surface area contributed by atoms with Gasteiger partial charge in [0.1, 0.15) is 5.75 Å². The van der Waals surface area contributed by atoms with E-state index < -0.39 is 4.92 Å². The molecule has 1 heterocycles. The Morgan fingerprint density at radius 2 is 1.38 bits per heavy atom. The minimum atomic E-state index is -0.416. The lowest BCUT2D eigenvalue weighted by atomic mass is 10.1. The first kappa shape index (κ1) is 19.1. The van der Waals surface area contributed by atoms with E-state index >= 15 is 0 Å². The van der Waals surface area contributed by atoms with Crippen LogP contribution in [0.15, 0.2) is 78.9 Å². The Kier molecular flexibility index (Phi) is 5.55. The smallest absolute Gasteiger partial charge is 0.270 e. The summed E-state index contributed by atoms with van der Waals surface area (Å²) in [6.45, 7) is 3.04. The second-order valence-corrected chi connectivity index (χ2v) is 7.29. The molecule has 0 aromatic heterocycles. The number of hydrogen-bond donors (Lipinski definition) is 1. The predicted octanol–water partition coefficient (Wildman–Crippen LogP) is 4.32. The van der Waals surface area contributed by atoms with Gasteiger partial charge in [-0.3, -0.25) is 19.9 Å². The van der Waals surface area contributed by atoms with Gasteiger partial charge in [-0.1, -0.05) is 60.7 Å². The van der Waals surface area contributed by atoms with Crippen molar-refractivity contribution in [3.05, 3.63) is 106 Å². The molecular weight excluding hydrogens is 366 g/mol. The number of phenols is 1. The van der Waals surface area contributed by atoms with Crippen LogP contribution in [0.4, 0.5) is 5.69 Å². The number of benzene rings is 3. The SMILES string of the molecule is O=[N+]([O-])c1ccc(O)c(C2N(Cc3ccccc3)CCN2Cc2ccccc2)c1. The van der Waals surface area contributed by atoms with E-state index in [4.69, 9.17) is 0 Å². The van der Waals surface area contributed by atoms with Crippen LogP contribution >= 0.6 is 0 Å². The highest BCUT2D eigenvalue weighted by Crippen LogP contribution is 2.38. The van der Waals surface area contributed by atoms with Crippen LogP contribution in [-0.2, 0) is 13.1 Å². The van der Waals surface area contributed by atoms with Gasteiger partial charge in [0.25, 0.3) is 5.69 Å². The molecule has 3 aromatic carbocycles. The summed E-state index contributed by atoms with van der Waals surface area (Å²) in [4.78, 5) is 15.4. The summed E-state index contributed by atoms with van der Waals surface area (Å²) in [5, 5.41) is 21.9. The highest BCUT2D eigenvalue weighted by atomic mass is 16.6. The fraction of sp³-hybridized carbons (Fsp3) is 0.217. The number of nitro groups is 1. The van der Waals surface area contributed by atoms with Crippen LogP contribution in [0.2, 0.25) is 0 Å². The molecule has 29 heavy (non-hydrogen) atoms. The van der Waals surface area contributed by atoms with Gasteiger partial charge in [0, 0.05) is 43.9 Å². The first-order valence-corrected chi connectivity index (χ1v) is 9.65. The van der Waals surface area contributed by atoms with Gasteiger partial charge in [-0.15, -0.1) is 0 Å². The van der Waals surface area contributed by atoms with E-state index in [1.807, 2.05) is 36.4 Å². The van der Waals surface area contributed by atoms with E-state index in [9.17, 15) is 15.2 Å². The quantitative estimate of drug-likeness (QED) is 0.502. The second-order valence-electron chi connectivity index (χ2n) is 7.29. The van der Waals surface area contributed by atoms with E-state index in [1.165, 1.54) is 29.3 Å². The van der Waals surface area contributed by atoms with Crippen LogP contribution in [0.3, 0.4) is 0 Å².